The first-order valence-electron chi connectivity index (χ1n) is 9.67. The Morgan fingerprint density at radius 2 is 1.87 bits per heavy atom. The molecule has 1 atom stereocenters. The van der Waals surface area contributed by atoms with E-state index in [0.29, 0.717) is 40.0 Å². The van der Waals surface area contributed by atoms with E-state index in [-0.39, 0.29) is 29.9 Å². The number of sulfone groups is 1. The summed E-state index contributed by atoms with van der Waals surface area (Å²) in [5.41, 5.74) is 1.39. The third-order valence-electron chi connectivity index (χ3n) is 5.11. The van der Waals surface area contributed by atoms with Crippen LogP contribution in [0, 0.1) is 0 Å². The molecule has 0 spiro atoms. The van der Waals surface area contributed by atoms with Crippen LogP contribution in [0.3, 0.4) is 0 Å². The Morgan fingerprint density at radius 1 is 1.13 bits per heavy atom. The summed E-state index contributed by atoms with van der Waals surface area (Å²) in [4.78, 5) is 25.0. The van der Waals surface area contributed by atoms with E-state index >= 15 is 0 Å². The molecule has 0 saturated carbocycles. The highest BCUT2D eigenvalue weighted by Crippen LogP contribution is 2.28. The Bertz CT molecular complexity index is 1230. The topological polar surface area (TPSA) is 112 Å². The highest BCUT2D eigenvalue weighted by Gasteiger charge is 2.29. The van der Waals surface area contributed by atoms with Crippen molar-refractivity contribution in [2.24, 2.45) is 0 Å². The van der Waals surface area contributed by atoms with Crippen LogP contribution in [0.5, 0.6) is 11.5 Å². The third kappa shape index (κ3) is 4.72. The number of furan rings is 1. The summed E-state index contributed by atoms with van der Waals surface area (Å²) < 4.78 is 39.1. The zero-order chi connectivity index (χ0) is 22.0. The number of hydrogen-bond donors (Lipinski definition) is 1. The van der Waals surface area contributed by atoms with E-state index in [4.69, 9.17) is 13.9 Å². The fourth-order valence-electron chi connectivity index (χ4n) is 3.50. The van der Waals surface area contributed by atoms with Crippen molar-refractivity contribution in [3.8, 4) is 11.5 Å². The van der Waals surface area contributed by atoms with Gasteiger partial charge in [0.2, 0.25) is 0 Å². The number of nitrogens with one attached hydrogen (secondary N) is 1. The number of hydrogen-bond acceptors (Lipinski definition) is 7. The summed E-state index contributed by atoms with van der Waals surface area (Å²) in [5.74, 6) is 0.477. The second kappa shape index (κ2) is 8.43. The van der Waals surface area contributed by atoms with Gasteiger partial charge in [-0.25, -0.2) is 8.42 Å². The smallest absolute Gasteiger partial charge is 0.258 e. The number of benzene rings is 2. The number of fused-ring (bicyclic) bond motifs is 1. The van der Waals surface area contributed by atoms with Crippen molar-refractivity contribution < 1.29 is 31.9 Å². The summed E-state index contributed by atoms with van der Waals surface area (Å²) in [6.07, 6.45) is 1.81. The van der Waals surface area contributed by atoms with E-state index in [1.54, 1.807) is 49.6 Å². The van der Waals surface area contributed by atoms with E-state index in [2.05, 4.69) is 5.32 Å². The van der Waals surface area contributed by atoms with Crippen LogP contribution < -0.4 is 14.8 Å². The zero-order valence-corrected chi connectivity index (χ0v) is 17.6. The lowest BCUT2D eigenvalue weighted by molar-refractivity contribution is -0.123. The molecule has 2 heterocycles. The number of methoxy groups -OCH3 is 1. The van der Waals surface area contributed by atoms with Crippen molar-refractivity contribution in [2.45, 2.75) is 12.5 Å². The van der Waals surface area contributed by atoms with Gasteiger partial charge in [0.15, 0.2) is 22.2 Å². The second-order valence-electron chi connectivity index (χ2n) is 7.32. The minimum Gasteiger partial charge on any atom is -0.497 e. The molecule has 2 aromatic carbocycles. The van der Waals surface area contributed by atoms with Crippen LogP contribution in [0.15, 0.2) is 53.1 Å². The van der Waals surface area contributed by atoms with Gasteiger partial charge in [0.25, 0.3) is 5.91 Å². The van der Waals surface area contributed by atoms with E-state index in [1.807, 2.05) is 0 Å². The average Bonchev–Trinajstić information content (AvgIpc) is 3.33. The van der Waals surface area contributed by atoms with Gasteiger partial charge in [-0.05, 0) is 48.9 Å². The molecule has 0 bridgehead atoms. The number of rotatable bonds is 7. The quantitative estimate of drug-likeness (QED) is 0.558. The van der Waals surface area contributed by atoms with Gasteiger partial charge in [-0.15, -0.1) is 0 Å². The lowest BCUT2D eigenvalue weighted by Gasteiger charge is -2.11. The van der Waals surface area contributed by atoms with Crippen LogP contribution in [0.4, 0.5) is 0 Å². The molecular weight excluding hydrogens is 422 g/mol. The van der Waals surface area contributed by atoms with Gasteiger partial charge in [0.05, 0.1) is 24.2 Å². The van der Waals surface area contributed by atoms with Crippen molar-refractivity contribution in [3.05, 3.63) is 59.9 Å². The van der Waals surface area contributed by atoms with Crippen LogP contribution in [0.2, 0.25) is 0 Å². The predicted octanol–water partition coefficient (Wildman–Crippen LogP) is 2.35. The van der Waals surface area contributed by atoms with Gasteiger partial charge < -0.3 is 19.2 Å². The van der Waals surface area contributed by atoms with E-state index < -0.39 is 15.7 Å². The predicted molar refractivity (Wildman–Crippen MR) is 113 cm³/mol. The van der Waals surface area contributed by atoms with E-state index in [1.165, 1.54) is 6.26 Å². The van der Waals surface area contributed by atoms with Crippen molar-refractivity contribution in [1.29, 1.82) is 0 Å². The summed E-state index contributed by atoms with van der Waals surface area (Å²) in [6.45, 7) is -0.262. The zero-order valence-electron chi connectivity index (χ0n) is 16.8. The molecule has 1 saturated heterocycles. The van der Waals surface area contributed by atoms with E-state index in [0.717, 1.165) is 0 Å². The molecule has 0 radical (unpaired) electrons. The molecule has 1 aliphatic rings. The number of carbonyl (C=O) groups is 2. The average molecular weight is 443 g/mol. The Morgan fingerprint density at radius 3 is 2.55 bits per heavy atom. The summed E-state index contributed by atoms with van der Waals surface area (Å²) >= 11 is 0. The van der Waals surface area contributed by atoms with Crippen LogP contribution in [-0.2, 0) is 14.6 Å². The monoisotopic (exact) mass is 443 g/mol. The molecule has 1 fully saturated rings. The maximum atomic E-state index is 12.9. The van der Waals surface area contributed by atoms with Gasteiger partial charge in [-0.1, -0.05) is 0 Å². The van der Waals surface area contributed by atoms with Crippen LogP contribution in [0.1, 0.15) is 22.3 Å². The first kappa shape index (κ1) is 20.9. The fourth-order valence-corrected chi connectivity index (χ4v) is 5.17. The molecule has 1 unspecified atom stereocenters. The van der Waals surface area contributed by atoms with Crippen LogP contribution >= 0.6 is 0 Å². The second-order valence-corrected chi connectivity index (χ2v) is 9.55. The number of ether oxygens (including phenoxy) is 2. The molecule has 162 valence electrons. The lowest BCUT2D eigenvalue weighted by Crippen LogP contribution is -2.38. The maximum absolute atomic E-state index is 12.9. The van der Waals surface area contributed by atoms with Crippen molar-refractivity contribution in [2.75, 3.05) is 25.2 Å². The molecule has 4 rings (SSSR count). The minimum absolute atomic E-state index is 0.0451. The summed E-state index contributed by atoms with van der Waals surface area (Å²) in [6, 6.07) is 11.3. The SMILES string of the molecule is COc1ccc(C(=O)c2coc3ccc(OCC(=O)NC4CCS(=O)(=O)C4)cc23)cc1. The molecule has 3 aromatic rings. The van der Waals surface area contributed by atoms with Crippen molar-refractivity contribution >= 4 is 32.5 Å². The molecule has 1 amide bonds. The highest BCUT2D eigenvalue weighted by molar-refractivity contribution is 7.91. The third-order valence-corrected chi connectivity index (χ3v) is 6.88. The highest BCUT2D eigenvalue weighted by atomic mass is 32.2. The van der Waals surface area contributed by atoms with Crippen molar-refractivity contribution in [3.63, 3.8) is 0 Å². The molecular formula is C22H21NO7S. The van der Waals surface area contributed by atoms with Gasteiger partial charge in [0, 0.05) is 17.0 Å². The standard InChI is InChI=1S/C22H21NO7S/c1-28-16-4-2-14(3-5-16)22(25)19-11-30-20-7-6-17(10-18(19)20)29-12-21(24)23-15-8-9-31(26,27)13-15/h2-7,10-11,15H,8-9,12-13H2,1H3,(H,23,24). The van der Waals surface area contributed by atoms with Gasteiger partial charge in [0.1, 0.15) is 23.3 Å². The lowest BCUT2D eigenvalue weighted by atomic mass is 10.0. The Hall–Kier alpha value is -3.33. The molecule has 1 aromatic heterocycles. The molecule has 1 N–H and O–H groups in total. The molecule has 0 aliphatic carbocycles. The Labute approximate surface area is 179 Å². The first-order valence-corrected chi connectivity index (χ1v) is 11.5. The molecule has 8 nitrogen and oxygen atoms in total. The number of ketones is 1. The minimum atomic E-state index is -3.07. The van der Waals surface area contributed by atoms with Gasteiger partial charge in [-0.3, -0.25) is 9.59 Å². The van der Waals surface area contributed by atoms with E-state index in [9.17, 15) is 18.0 Å². The maximum Gasteiger partial charge on any atom is 0.258 e. The summed E-state index contributed by atoms with van der Waals surface area (Å²) in [7, 11) is -1.52. The number of amides is 1. The summed E-state index contributed by atoms with van der Waals surface area (Å²) in [5, 5.41) is 3.24. The molecule has 31 heavy (non-hydrogen) atoms. The first-order chi connectivity index (χ1) is 14.8. The van der Waals surface area contributed by atoms with Gasteiger partial charge in [-0.2, -0.15) is 0 Å². The Kier molecular flexibility index (Phi) is 5.69. The molecule has 9 heteroatoms. The normalized spacial score (nSPS) is 17.4. The van der Waals surface area contributed by atoms with Crippen LogP contribution in [0.25, 0.3) is 11.0 Å². The fraction of sp³-hybridized carbons (Fsp3) is 0.273. The number of carbonyl (C=O) groups excluding carboxylic acids is 2. The molecule has 1 aliphatic heterocycles. The Balaban J connectivity index is 1.45. The largest absolute Gasteiger partial charge is 0.497 e. The van der Waals surface area contributed by atoms with Gasteiger partial charge >= 0.3 is 0 Å². The van der Waals surface area contributed by atoms with Crippen molar-refractivity contribution in [1.82, 2.24) is 5.32 Å². The van der Waals surface area contributed by atoms with Crippen LogP contribution in [-0.4, -0.2) is 51.4 Å².